The molecule has 1 fully saturated rings. The summed E-state index contributed by atoms with van der Waals surface area (Å²) >= 11 is 3.33. The molecule has 112 valence electrons. The van der Waals surface area contributed by atoms with Crippen molar-refractivity contribution in [3.8, 4) is 0 Å². The smallest absolute Gasteiger partial charge is 0.243 e. The van der Waals surface area contributed by atoms with E-state index in [-0.39, 0.29) is 30.2 Å². The molecule has 0 aromatic heterocycles. The van der Waals surface area contributed by atoms with Crippen molar-refractivity contribution < 1.29 is 14.4 Å². The summed E-state index contributed by atoms with van der Waals surface area (Å²) < 4.78 is 0.936. The van der Waals surface area contributed by atoms with Crippen LogP contribution >= 0.6 is 15.9 Å². The van der Waals surface area contributed by atoms with E-state index in [1.165, 1.54) is 0 Å². The predicted octanol–water partition coefficient (Wildman–Crippen LogP) is 1.76. The summed E-state index contributed by atoms with van der Waals surface area (Å²) in [7, 11) is 0. The van der Waals surface area contributed by atoms with Crippen molar-refractivity contribution in [1.82, 2.24) is 10.2 Å². The molecular formula is C15H17BrN2O3. The van der Waals surface area contributed by atoms with Crippen molar-refractivity contribution in [3.05, 3.63) is 34.3 Å². The molecule has 1 unspecified atom stereocenters. The molecule has 1 aromatic rings. The zero-order chi connectivity index (χ0) is 15.4. The number of imide groups is 1. The highest BCUT2D eigenvalue weighted by molar-refractivity contribution is 9.10. The van der Waals surface area contributed by atoms with Gasteiger partial charge in [-0.15, -0.1) is 0 Å². The number of carbonyl (C=O) groups excluding carboxylic acids is 3. The Kier molecular flexibility index (Phi) is 5.25. The van der Waals surface area contributed by atoms with Gasteiger partial charge in [0.25, 0.3) is 0 Å². The minimum absolute atomic E-state index is 0.0722. The quantitative estimate of drug-likeness (QED) is 0.647. The fraction of sp³-hybridized carbons (Fsp3) is 0.400. The van der Waals surface area contributed by atoms with Gasteiger partial charge in [0, 0.05) is 16.5 Å². The average Bonchev–Trinajstić information content (AvgIpc) is 2.44. The van der Waals surface area contributed by atoms with Gasteiger partial charge in [0.2, 0.25) is 11.8 Å². The number of hydrogen-bond acceptors (Lipinski definition) is 4. The predicted molar refractivity (Wildman–Crippen MR) is 81.9 cm³/mol. The Hall–Kier alpha value is -1.53. The number of nitrogens with one attached hydrogen (secondary N) is 1. The third-order valence-corrected chi connectivity index (χ3v) is 4.08. The van der Waals surface area contributed by atoms with Gasteiger partial charge < -0.3 is 0 Å². The van der Waals surface area contributed by atoms with E-state index >= 15 is 0 Å². The van der Waals surface area contributed by atoms with Gasteiger partial charge in [0.1, 0.15) is 0 Å². The van der Waals surface area contributed by atoms with Gasteiger partial charge in [0.05, 0.1) is 12.6 Å². The molecule has 1 aliphatic rings. The molecule has 1 N–H and O–H groups in total. The topological polar surface area (TPSA) is 66.5 Å². The Labute approximate surface area is 131 Å². The lowest BCUT2D eigenvalue weighted by atomic mass is 10.1. The number of Topliss-reactive ketones (excluding diaryl/α,β-unsaturated/α-hetero) is 1. The number of amides is 2. The second-order valence-corrected chi connectivity index (χ2v) is 6.01. The van der Waals surface area contributed by atoms with E-state index in [1.54, 1.807) is 24.0 Å². The standard InChI is InChI=1S/C15H17BrN2O3/c1-10-15(21)17-14(20)9-18(10)8-2-3-13(19)11-4-6-12(16)7-5-11/h4-7,10H,2-3,8-9H2,1H3,(H,17,20,21). The van der Waals surface area contributed by atoms with Gasteiger partial charge in [-0.2, -0.15) is 0 Å². The minimum atomic E-state index is -0.328. The minimum Gasteiger partial charge on any atom is -0.294 e. The highest BCUT2D eigenvalue weighted by Gasteiger charge is 2.29. The maximum absolute atomic E-state index is 12.0. The zero-order valence-corrected chi connectivity index (χ0v) is 13.4. The molecule has 2 amide bonds. The molecule has 1 saturated heterocycles. The van der Waals surface area contributed by atoms with Crippen molar-refractivity contribution in [3.63, 3.8) is 0 Å². The average molecular weight is 353 g/mol. The second-order valence-electron chi connectivity index (χ2n) is 5.09. The Bertz CT molecular complexity index is 557. The van der Waals surface area contributed by atoms with Crippen LogP contribution in [0.5, 0.6) is 0 Å². The second kappa shape index (κ2) is 6.95. The number of carbonyl (C=O) groups is 3. The summed E-state index contributed by atoms with van der Waals surface area (Å²) in [5, 5.41) is 2.30. The summed E-state index contributed by atoms with van der Waals surface area (Å²) in [5.41, 5.74) is 0.679. The van der Waals surface area contributed by atoms with E-state index in [2.05, 4.69) is 21.2 Å². The summed E-state index contributed by atoms with van der Waals surface area (Å²) in [5.74, 6) is -0.481. The van der Waals surface area contributed by atoms with Crippen LogP contribution in [0, 0.1) is 0 Å². The normalized spacial score (nSPS) is 19.4. The first kappa shape index (κ1) is 15.9. The number of rotatable bonds is 5. The van der Waals surface area contributed by atoms with E-state index in [0.29, 0.717) is 24.9 Å². The van der Waals surface area contributed by atoms with Crippen molar-refractivity contribution in [2.45, 2.75) is 25.8 Å². The summed E-state index contributed by atoms with van der Waals surface area (Å²) in [4.78, 5) is 36.7. The number of ketones is 1. The van der Waals surface area contributed by atoms with Crippen LogP contribution < -0.4 is 5.32 Å². The fourth-order valence-corrected chi connectivity index (χ4v) is 2.53. The molecule has 6 heteroatoms. The van der Waals surface area contributed by atoms with Crippen molar-refractivity contribution in [2.75, 3.05) is 13.1 Å². The third kappa shape index (κ3) is 4.22. The number of nitrogens with zero attached hydrogens (tertiary/aromatic N) is 1. The van der Waals surface area contributed by atoms with Crippen molar-refractivity contribution >= 4 is 33.5 Å². The third-order valence-electron chi connectivity index (χ3n) is 3.55. The first-order valence-corrected chi connectivity index (χ1v) is 7.63. The first-order valence-electron chi connectivity index (χ1n) is 6.84. The Morgan fingerprint density at radius 1 is 1.33 bits per heavy atom. The molecule has 1 heterocycles. The van der Waals surface area contributed by atoms with Gasteiger partial charge in [0.15, 0.2) is 5.78 Å². The molecule has 2 rings (SSSR count). The summed E-state index contributed by atoms with van der Waals surface area (Å²) in [6, 6.07) is 6.91. The molecular weight excluding hydrogens is 336 g/mol. The first-order chi connectivity index (χ1) is 9.97. The largest absolute Gasteiger partial charge is 0.294 e. The van der Waals surface area contributed by atoms with Crippen LogP contribution in [0.2, 0.25) is 0 Å². The van der Waals surface area contributed by atoms with Crippen LogP contribution in [0.15, 0.2) is 28.7 Å². The van der Waals surface area contributed by atoms with Crippen LogP contribution in [-0.4, -0.2) is 41.6 Å². The van der Waals surface area contributed by atoms with E-state index in [1.807, 2.05) is 12.1 Å². The molecule has 1 aliphatic heterocycles. The Balaban J connectivity index is 1.83. The molecule has 0 bridgehead atoms. The lowest BCUT2D eigenvalue weighted by molar-refractivity contribution is -0.139. The molecule has 1 aromatic carbocycles. The lowest BCUT2D eigenvalue weighted by Gasteiger charge is -2.31. The van der Waals surface area contributed by atoms with Gasteiger partial charge >= 0.3 is 0 Å². The Morgan fingerprint density at radius 3 is 2.67 bits per heavy atom. The van der Waals surface area contributed by atoms with Gasteiger partial charge in [-0.3, -0.25) is 24.6 Å². The van der Waals surface area contributed by atoms with E-state index in [4.69, 9.17) is 0 Å². The summed E-state index contributed by atoms with van der Waals surface area (Å²) in [6.45, 7) is 2.53. The fourth-order valence-electron chi connectivity index (χ4n) is 2.26. The van der Waals surface area contributed by atoms with Crippen LogP contribution in [-0.2, 0) is 9.59 Å². The molecule has 0 aliphatic carbocycles. The molecule has 0 saturated carbocycles. The van der Waals surface area contributed by atoms with Crippen LogP contribution in [0.1, 0.15) is 30.1 Å². The van der Waals surface area contributed by atoms with E-state index in [0.717, 1.165) is 4.47 Å². The molecule has 5 nitrogen and oxygen atoms in total. The summed E-state index contributed by atoms with van der Waals surface area (Å²) in [6.07, 6.45) is 1.03. The number of piperazine rings is 1. The maximum Gasteiger partial charge on any atom is 0.243 e. The Morgan fingerprint density at radius 2 is 2.00 bits per heavy atom. The molecule has 0 radical (unpaired) electrons. The van der Waals surface area contributed by atoms with Crippen molar-refractivity contribution in [2.24, 2.45) is 0 Å². The SMILES string of the molecule is CC1C(=O)NC(=O)CN1CCCC(=O)c1ccc(Br)cc1. The number of hydrogen-bond donors (Lipinski definition) is 1. The van der Waals surface area contributed by atoms with Crippen LogP contribution in [0.25, 0.3) is 0 Å². The van der Waals surface area contributed by atoms with Crippen LogP contribution in [0.4, 0.5) is 0 Å². The zero-order valence-electron chi connectivity index (χ0n) is 11.8. The van der Waals surface area contributed by atoms with Gasteiger partial charge in [-0.05, 0) is 32.0 Å². The lowest BCUT2D eigenvalue weighted by Crippen LogP contribution is -2.56. The number of halogens is 1. The van der Waals surface area contributed by atoms with Crippen LogP contribution in [0.3, 0.4) is 0 Å². The van der Waals surface area contributed by atoms with Gasteiger partial charge in [-0.1, -0.05) is 28.1 Å². The van der Waals surface area contributed by atoms with E-state index < -0.39 is 0 Å². The molecule has 21 heavy (non-hydrogen) atoms. The number of benzene rings is 1. The maximum atomic E-state index is 12.0. The highest BCUT2D eigenvalue weighted by atomic mass is 79.9. The van der Waals surface area contributed by atoms with Gasteiger partial charge in [-0.25, -0.2) is 0 Å². The highest BCUT2D eigenvalue weighted by Crippen LogP contribution is 2.13. The molecule has 1 atom stereocenters. The monoisotopic (exact) mass is 352 g/mol. The molecule has 0 spiro atoms. The van der Waals surface area contributed by atoms with E-state index in [9.17, 15) is 14.4 Å². The van der Waals surface area contributed by atoms with Crippen molar-refractivity contribution in [1.29, 1.82) is 0 Å².